The van der Waals surface area contributed by atoms with Gasteiger partial charge in [-0.1, -0.05) is 25.4 Å². The number of imidazole rings is 1. The molecule has 0 unspecified atom stereocenters. The summed E-state index contributed by atoms with van der Waals surface area (Å²) in [6.07, 6.45) is 1.19. The van der Waals surface area contributed by atoms with Crippen molar-refractivity contribution in [2.75, 3.05) is 0 Å². The SMILES string of the molecule is CC(C)c1nc2cc(Cl)c(CC=O)cc2[nH]1. The van der Waals surface area contributed by atoms with Crippen molar-refractivity contribution < 1.29 is 4.79 Å². The molecule has 3 nitrogen and oxygen atoms in total. The molecule has 0 amide bonds. The Morgan fingerprint density at radius 3 is 2.88 bits per heavy atom. The van der Waals surface area contributed by atoms with Crippen molar-refractivity contribution in [1.29, 1.82) is 0 Å². The van der Waals surface area contributed by atoms with Crippen molar-refractivity contribution in [3.63, 3.8) is 0 Å². The smallest absolute Gasteiger partial charge is 0.124 e. The van der Waals surface area contributed by atoms with Gasteiger partial charge in [-0.3, -0.25) is 0 Å². The molecular formula is C12H13ClN2O. The Morgan fingerprint density at radius 2 is 2.25 bits per heavy atom. The molecule has 0 bridgehead atoms. The minimum Gasteiger partial charge on any atom is -0.342 e. The Kier molecular flexibility index (Phi) is 2.97. The molecule has 0 atom stereocenters. The normalized spacial score (nSPS) is 11.2. The number of carbonyl (C=O) groups is 1. The van der Waals surface area contributed by atoms with Crippen LogP contribution in [0.1, 0.15) is 31.2 Å². The largest absolute Gasteiger partial charge is 0.342 e. The van der Waals surface area contributed by atoms with Gasteiger partial charge in [-0.05, 0) is 17.7 Å². The van der Waals surface area contributed by atoms with Gasteiger partial charge in [0, 0.05) is 17.4 Å². The quantitative estimate of drug-likeness (QED) is 0.833. The zero-order chi connectivity index (χ0) is 11.7. The highest BCUT2D eigenvalue weighted by Crippen LogP contribution is 2.24. The molecule has 1 heterocycles. The van der Waals surface area contributed by atoms with E-state index in [1.54, 1.807) is 6.07 Å². The second-order valence-electron chi connectivity index (χ2n) is 4.11. The number of aldehydes is 1. The van der Waals surface area contributed by atoms with Crippen LogP contribution in [0.25, 0.3) is 11.0 Å². The van der Waals surface area contributed by atoms with Crippen LogP contribution < -0.4 is 0 Å². The third-order valence-corrected chi connectivity index (χ3v) is 2.87. The molecule has 84 valence electrons. The number of halogens is 1. The predicted molar refractivity (Wildman–Crippen MR) is 65.0 cm³/mol. The van der Waals surface area contributed by atoms with E-state index in [-0.39, 0.29) is 0 Å². The molecule has 0 fully saturated rings. The van der Waals surface area contributed by atoms with E-state index in [1.165, 1.54) is 0 Å². The highest BCUT2D eigenvalue weighted by molar-refractivity contribution is 6.32. The van der Waals surface area contributed by atoms with E-state index in [1.807, 2.05) is 6.07 Å². The lowest BCUT2D eigenvalue weighted by Crippen LogP contribution is -1.88. The fourth-order valence-electron chi connectivity index (χ4n) is 1.62. The molecule has 0 spiro atoms. The lowest BCUT2D eigenvalue weighted by molar-refractivity contribution is -0.107. The van der Waals surface area contributed by atoms with Crippen LogP contribution in [0.3, 0.4) is 0 Å². The van der Waals surface area contributed by atoms with Gasteiger partial charge in [0.15, 0.2) is 0 Å². The number of aromatic amines is 1. The lowest BCUT2D eigenvalue weighted by atomic mass is 10.1. The second-order valence-corrected chi connectivity index (χ2v) is 4.52. The van der Waals surface area contributed by atoms with Gasteiger partial charge in [0.05, 0.1) is 11.0 Å². The summed E-state index contributed by atoms with van der Waals surface area (Å²) in [7, 11) is 0. The highest BCUT2D eigenvalue weighted by Gasteiger charge is 2.09. The van der Waals surface area contributed by atoms with Crippen LogP contribution in [0, 0.1) is 0 Å². The fraction of sp³-hybridized carbons (Fsp3) is 0.333. The van der Waals surface area contributed by atoms with Crippen LogP contribution in [0.15, 0.2) is 12.1 Å². The van der Waals surface area contributed by atoms with Crippen molar-refractivity contribution in [1.82, 2.24) is 9.97 Å². The van der Waals surface area contributed by atoms with Crippen LogP contribution in [0.4, 0.5) is 0 Å². The maximum atomic E-state index is 10.5. The van der Waals surface area contributed by atoms with E-state index in [4.69, 9.17) is 11.6 Å². The summed E-state index contributed by atoms with van der Waals surface area (Å²) in [6.45, 7) is 4.15. The predicted octanol–water partition coefficient (Wildman–Crippen LogP) is 3.08. The zero-order valence-electron chi connectivity index (χ0n) is 9.25. The Morgan fingerprint density at radius 1 is 1.50 bits per heavy atom. The van der Waals surface area contributed by atoms with Crippen LogP contribution >= 0.6 is 11.6 Å². The van der Waals surface area contributed by atoms with Crippen molar-refractivity contribution in [2.45, 2.75) is 26.2 Å². The number of nitrogens with zero attached hydrogens (tertiary/aromatic N) is 1. The number of carbonyl (C=O) groups excluding carboxylic acids is 1. The minimum absolute atomic E-state index is 0.338. The molecule has 1 aromatic heterocycles. The average Bonchev–Trinajstić information content (AvgIpc) is 2.61. The summed E-state index contributed by atoms with van der Waals surface area (Å²) in [5, 5.41) is 0.599. The van der Waals surface area contributed by atoms with Crippen molar-refractivity contribution in [2.24, 2.45) is 0 Å². The number of benzene rings is 1. The van der Waals surface area contributed by atoms with E-state index in [2.05, 4.69) is 23.8 Å². The molecule has 2 rings (SSSR count). The van der Waals surface area contributed by atoms with E-state index < -0.39 is 0 Å². The molecular weight excluding hydrogens is 224 g/mol. The molecule has 4 heteroatoms. The van der Waals surface area contributed by atoms with Crippen molar-refractivity contribution >= 4 is 28.9 Å². The van der Waals surface area contributed by atoms with Crippen LogP contribution in [0.5, 0.6) is 0 Å². The van der Waals surface area contributed by atoms with E-state index >= 15 is 0 Å². The van der Waals surface area contributed by atoms with Gasteiger partial charge >= 0.3 is 0 Å². The van der Waals surface area contributed by atoms with Crippen LogP contribution in [-0.4, -0.2) is 16.3 Å². The number of hydrogen-bond acceptors (Lipinski definition) is 2. The molecule has 1 N–H and O–H groups in total. The Hall–Kier alpha value is -1.35. The summed E-state index contributed by atoms with van der Waals surface area (Å²) >= 11 is 6.06. The topological polar surface area (TPSA) is 45.8 Å². The molecule has 1 aromatic carbocycles. The first-order valence-electron chi connectivity index (χ1n) is 5.23. The monoisotopic (exact) mass is 236 g/mol. The molecule has 0 aliphatic heterocycles. The van der Waals surface area contributed by atoms with Gasteiger partial charge in [-0.2, -0.15) is 0 Å². The molecule has 0 radical (unpaired) electrons. The number of nitrogens with one attached hydrogen (secondary N) is 1. The van der Waals surface area contributed by atoms with Crippen LogP contribution in [0.2, 0.25) is 5.02 Å². The lowest BCUT2D eigenvalue weighted by Gasteiger charge is -1.98. The summed E-state index contributed by atoms with van der Waals surface area (Å²) in [5.74, 6) is 1.29. The first kappa shape index (κ1) is 11.1. The standard InChI is InChI=1S/C12H13ClN2O/c1-7(2)12-14-10-5-8(3-4-16)9(13)6-11(10)15-12/h4-7H,3H2,1-2H3,(H,14,15). The van der Waals surface area contributed by atoms with Gasteiger partial charge in [0.25, 0.3) is 0 Å². The molecule has 2 aromatic rings. The number of aromatic nitrogens is 2. The summed E-state index contributed by atoms with van der Waals surface area (Å²) in [4.78, 5) is 18.2. The number of H-pyrrole nitrogens is 1. The van der Waals surface area contributed by atoms with Crippen LogP contribution in [-0.2, 0) is 11.2 Å². The van der Waals surface area contributed by atoms with Gasteiger partial charge in [-0.15, -0.1) is 0 Å². The number of rotatable bonds is 3. The van der Waals surface area contributed by atoms with Gasteiger partial charge in [-0.25, -0.2) is 4.98 Å². The molecule has 0 saturated heterocycles. The van der Waals surface area contributed by atoms with Gasteiger partial charge in [0.2, 0.25) is 0 Å². The third-order valence-electron chi connectivity index (χ3n) is 2.52. The van der Waals surface area contributed by atoms with E-state index in [9.17, 15) is 4.79 Å². The molecule has 0 aliphatic carbocycles. The molecule has 16 heavy (non-hydrogen) atoms. The van der Waals surface area contributed by atoms with Crippen molar-refractivity contribution in [3.8, 4) is 0 Å². The van der Waals surface area contributed by atoms with E-state index in [0.29, 0.717) is 17.4 Å². The summed E-state index contributed by atoms with van der Waals surface area (Å²) < 4.78 is 0. The molecule has 0 saturated carbocycles. The average molecular weight is 237 g/mol. The minimum atomic E-state index is 0.338. The Labute approximate surface area is 98.8 Å². The fourth-order valence-corrected chi connectivity index (χ4v) is 1.85. The third kappa shape index (κ3) is 1.95. The zero-order valence-corrected chi connectivity index (χ0v) is 10.0. The Bertz CT molecular complexity index is 531. The summed E-state index contributed by atoms with van der Waals surface area (Å²) in [6, 6.07) is 3.70. The maximum absolute atomic E-state index is 10.5. The number of hydrogen-bond donors (Lipinski definition) is 1. The van der Waals surface area contributed by atoms with Crippen molar-refractivity contribution in [3.05, 3.63) is 28.5 Å². The maximum Gasteiger partial charge on any atom is 0.124 e. The number of fused-ring (bicyclic) bond motifs is 1. The first-order valence-corrected chi connectivity index (χ1v) is 5.61. The summed E-state index contributed by atoms with van der Waals surface area (Å²) in [5.41, 5.74) is 2.62. The second kappa shape index (κ2) is 4.26. The van der Waals surface area contributed by atoms with Gasteiger partial charge in [0.1, 0.15) is 12.1 Å². The molecule has 0 aliphatic rings. The highest BCUT2D eigenvalue weighted by atomic mass is 35.5. The first-order chi connectivity index (χ1) is 7.61. The van der Waals surface area contributed by atoms with E-state index in [0.717, 1.165) is 28.7 Å². The van der Waals surface area contributed by atoms with Gasteiger partial charge < -0.3 is 9.78 Å². The Balaban J connectivity index is 2.56.